The van der Waals surface area contributed by atoms with Gasteiger partial charge in [0.05, 0.1) is 17.8 Å². The van der Waals surface area contributed by atoms with Gasteiger partial charge in [0.15, 0.2) is 5.82 Å². The zero-order chi connectivity index (χ0) is 11.5. The largest absolute Gasteiger partial charge is 0.394 e. The number of nitrogens with zero attached hydrogens (tertiary/aromatic N) is 2. The van der Waals surface area contributed by atoms with Gasteiger partial charge in [0.2, 0.25) is 0 Å². The Morgan fingerprint density at radius 2 is 2.19 bits per heavy atom. The molecule has 0 saturated heterocycles. The van der Waals surface area contributed by atoms with E-state index in [2.05, 4.69) is 10.4 Å². The van der Waals surface area contributed by atoms with Gasteiger partial charge in [-0.05, 0) is 12.8 Å². The first-order chi connectivity index (χ1) is 7.66. The third kappa shape index (κ3) is 2.47. The first kappa shape index (κ1) is 11.3. The van der Waals surface area contributed by atoms with E-state index in [0.717, 1.165) is 25.7 Å². The van der Waals surface area contributed by atoms with Crippen molar-refractivity contribution in [1.29, 1.82) is 0 Å². The second kappa shape index (κ2) is 4.74. The number of aromatic nitrogens is 2. The molecule has 90 valence electrons. The van der Waals surface area contributed by atoms with E-state index in [9.17, 15) is 5.11 Å². The molecule has 0 aromatic carbocycles. The minimum absolute atomic E-state index is 0.0831. The Kier molecular flexibility index (Phi) is 3.33. The third-order valence-electron chi connectivity index (χ3n) is 3.16. The Labute approximate surface area is 95.6 Å². The molecule has 1 heterocycles. The fourth-order valence-electron chi connectivity index (χ4n) is 2.25. The molecule has 1 aliphatic rings. The summed E-state index contributed by atoms with van der Waals surface area (Å²) in [7, 11) is 1.84. The molecule has 0 aliphatic heterocycles. The molecule has 1 fully saturated rings. The van der Waals surface area contributed by atoms with Gasteiger partial charge in [-0.1, -0.05) is 19.3 Å². The first-order valence-electron chi connectivity index (χ1n) is 5.90. The zero-order valence-corrected chi connectivity index (χ0v) is 9.69. The van der Waals surface area contributed by atoms with Crippen molar-refractivity contribution in [3.05, 3.63) is 6.20 Å². The van der Waals surface area contributed by atoms with Gasteiger partial charge in [-0.25, -0.2) is 0 Å². The van der Waals surface area contributed by atoms with Crippen LogP contribution in [0.2, 0.25) is 0 Å². The van der Waals surface area contributed by atoms with Crippen LogP contribution >= 0.6 is 0 Å². The minimum Gasteiger partial charge on any atom is -0.394 e. The van der Waals surface area contributed by atoms with E-state index >= 15 is 0 Å². The molecule has 1 aromatic rings. The quantitative estimate of drug-likeness (QED) is 0.658. The number of rotatable bonds is 2. The van der Waals surface area contributed by atoms with Crippen molar-refractivity contribution >= 4 is 11.5 Å². The molecular formula is C11H20N4O. The highest BCUT2D eigenvalue weighted by molar-refractivity contribution is 5.60. The molecule has 0 radical (unpaired) electrons. The summed E-state index contributed by atoms with van der Waals surface area (Å²) in [5, 5.41) is 17.5. The topological polar surface area (TPSA) is 76.1 Å². The summed E-state index contributed by atoms with van der Waals surface area (Å²) in [6.07, 6.45) is 6.79. The molecule has 2 unspecified atom stereocenters. The molecule has 5 nitrogen and oxygen atoms in total. The van der Waals surface area contributed by atoms with E-state index in [1.54, 1.807) is 10.9 Å². The molecule has 2 atom stereocenters. The molecule has 0 spiro atoms. The Balaban J connectivity index is 2.04. The summed E-state index contributed by atoms with van der Waals surface area (Å²) in [5.74, 6) is 0.688. The highest BCUT2D eigenvalue weighted by atomic mass is 16.3. The van der Waals surface area contributed by atoms with Gasteiger partial charge < -0.3 is 16.2 Å². The van der Waals surface area contributed by atoms with Crippen LogP contribution in [0.25, 0.3) is 0 Å². The van der Waals surface area contributed by atoms with Gasteiger partial charge in [-0.15, -0.1) is 0 Å². The molecule has 1 saturated carbocycles. The Hall–Kier alpha value is -1.23. The summed E-state index contributed by atoms with van der Waals surface area (Å²) in [4.78, 5) is 0. The Morgan fingerprint density at radius 3 is 2.88 bits per heavy atom. The van der Waals surface area contributed by atoms with E-state index in [-0.39, 0.29) is 12.1 Å². The summed E-state index contributed by atoms with van der Waals surface area (Å²) in [5.41, 5.74) is 6.45. The summed E-state index contributed by atoms with van der Waals surface area (Å²) in [6, 6.07) is 0.0831. The van der Waals surface area contributed by atoms with E-state index in [4.69, 9.17) is 5.73 Å². The number of nitrogen functional groups attached to an aromatic ring is 1. The lowest BCUT2D eigenvalue weighted by Gasteiger charge is -2.21. The van der Waals surface area contributed by atoms with E-state index < -0.39 is 0 Å². The maximum Gasteiger partial charge on any atom is 0.171 e. The van der Waals surface area contributed by atoms with Gasteiger partial charge in [0.1, 0.15) is 0 Å². The lowest BCUT2D eigenvalue weighted by Crippen LogP contribution is -2.32. The van der Waals surface area contributed by atoms with Crippen LogP contribution in [-0.4, -0.2) is 27.0 Å². The van der Waals surface area contributed by atoms with E-state index in [1.165, 1.54) is 6.42 Å². The Morgan fingerprint density at radius 1 is 1.44 bits per heavy atom. The normalized spacial score (nSPS) is 26.4. The standard InChI is InChI=1S/C11H20N4O/c1-15-7-8(12)11(14-15)13-9-5-3-2-4-6-10(9)16/h7,9-10,16H,2-6,12H2,1H3,(H,13,14). The number of nitrogens with one attached hydrogen (secondary N) is 1. The van der Waals surface area contributed by atoms with Gasteiger partial charge >= 0.3 is 0 Å². The highest BCUT2D eigenvalue weighted by Gasteiger charge is 2.22. The van der Waals surface area contributed by atoms with Crippen molar-refractivity contribution in [1.82, 2.24) is 9.78 Å². The summed E-state index contributed by atoms with van der Waals surface area (Å²) < 4.78 is 1.68. The molecule has 4 N–H and O–H groups in total. The fourth-order valence-corrected chi connectivity index (χ4v) is 2.25. The predicted molar refractivity (Wildman–Crippen MR) is 64.1 cm³/mol. The number of nitrogens with two attached hydrogens (primary N) is 1. The predicted octanol–water partition coefficient (Wildman–Crippen LogP) is 1.11. The molecule has 16 heavy (non-hydrogen) atoms. The highest BCUT2D eigenvalue weighted by Crippen LogP contribution is 2.23. The Bertz CT molecular complexity index is 350. The molecule has 1 aromatic heterocycles. The number of anilines is 2. The molecule has 0 bridgehead atoms. The van der Waals surface area contributed by atoms with Crippen molar-refractivity contribution < 1.29 is 5.11 Å². The number of aliphatic hydroxyl groups is 1. The molecule has 1 aliphatic carbocycles. The van der Waals surface area contributed by atoms with Crippen LogP contribution < -0.4 is 11.1 Å². The van der Waals surface area contributed by atoms with Crippen LogP contribution in [0.3, 0.4) is 0 Å². The van der Waals surface area contributed by atoms with Crippen LogP contribution in [0.5, 0.6) is 0 Å². The summed E-state index contributed by atoms with van der Waals surface area (Å²) >= 11 is 0. The van der Waals surface area contributed by atoms with Crippen molar-refractivity contribution in [2.75, 3.05) is 11.1 Å². The van der Waals surface area contributed by atoms with Crippen LogP contribution in [0, 0.1) is 0 Å². The van der Waals surface area contributed by atoms with Crippen molar-refractivity contribution in [3.63, 3.8) is 0 Å². The number of aliphatic hydroxyl groups excluding tert-OH is 1. The monoisotopic (exact) mass is 224 g/mol. The van der Waals surface area contributed by atoms with Gasteiger partial charge in [0, 0.05) is 13.2 Å². The number of hydrogen-bond donors (Lipinski definition) is 3. The van der Waals surface area contributed by atoms with Gasteiger partial charge in [-0.2, -0.15) is 5.10 Å². The average Bonchev–Trinajstić information content (AvgIpc) is 2.43. The van der Waals surface area contributed by atoms with Crippen LogP contribution in [-0.2, 0) is 7.05 Å². The molecule has 2 rings (SSSR count). The second-order valence-corrected chi connectivity index (χ2v) is 4.56. The van der Waals surface area contributed by atoms with Gasteiger partial charge in [0.25, 0.3) is 0 Å². The molecule has 0 amide bonds. The van der Waals surface area contributed by atoms with Gasteiger partial charge in [-0.3, -0.25) is 4.68 Å². The maximum absolute atomic E-state index is 9.97. The van der Waals surface area contributed by atoms with Crippen molar-refractivity contribution in [2.45, 2.75) is 44.2 Å². The smallest absolute Gasteiger partial charge is 0.171 e. The van der Waals surface area contributed by atoms with Crippen molar-refractivity contribution in [2.24, 2.45) is 7.05 Å². The average molecular weight is 224 g/mol. The number of hydrogen-bond acceptors (Lipinski definition) is 4. The number of aryl methyl sites for hydroxylation is 1. The van der Waals surface area contributed by atoms with Crippen LogP contribution in [0.4, 0.5) is 11.5 Å². The van der Waals surface area contributed by atoms with E-state index in [0.29, 0.717) is 11.5 Å². The maximum atomic E-state index is 9.97. The SMILES string of the molecule is Cn1cc(N)c(NC2CCCCCC2O)n1. The first-order valence-corrected chi connectivity index (χ1v) is 5.90. The van der Waals surface area contributed by atoms with E-state index in [1.807, 2.05) is 7.05 Å². The molecular weight excluding hydrogens is 204 g/mol. The fraction of sp³-hybridized carbons (Fsp3) is 0.727. The lowest BCUT2D eigenvalue weighted by molar-refractivity contribution is 0.144. The van der Waals surface area contributed by atoms with Crippen LogP contribution in [0.15, 0.2) is 6.20 Å². The van der Waals surface area contributed by atoms with Crippen molar-refractivity contribution in [3.8, 4) is 0 Å². The second-order valence-electron chi connectivity index (χ2n) is 4.56. The lowest BCUT2D eigenvalue weighted by atomic mass is 10.1. The third-order valence-corrected chi connectivity index (χ3v) is 3.16. The molecule has 5 heteroatoms. The van der Waals surface area contributed by atoms with Crippen LogP contribution in [0.1, 0.15) is 32.1 Å². The zero-order valence-electron chi connectivity index (χ0n) is 9.69. The minimum atomic E-state index is -0.288. The summed E-state index contributed by atoms with van der Waals surface area (Å²) in [6.45, 7) is 0.